The Labute approximate surface area is 94.5 Å². The van der Waals surface area contributed by atoms with Crippen molar-refractivity contribution in [2.24, 2.45) is 0 Å². The predicted molar refractivity (Wildman–Crippen MR) is 59.7 cm³/mol. The first-order valence-corrected chi connectivity index (χ1v) is 5.48. The van der Waals surface area contributed by atoms with Crippen LogP contribution in [0.1, 0.15) is 11.4 Å². The second-order valence-corrected chi connectivity index (χ2v) is 4.46. The molecular weight excluding hydrogens is 226 g/mol. The van der Waals surface area contributed by atoms with Crippen LogP contribution in [0.3, 0.4) is 0 Å². The monoisotopic (exact) mass is 235 g/mol. The van der Waals surface area contributed by atoms with Crippen molar-refractivity contribution in [3.63, 3.8) is 0 Å². The molecule has 0 unspecified atom stereocenters. The van der Waals surface area contributed by atoms with Crippen molar-refractivity contribution in [2.45, 2.75) is 13.8 Å². The third kappa shape index (κ3) is 1.20. The van der Waals surface area contributed by atoms with Crippen molar-refractivity contribution < 1.29 is 0 Å². The summed E-state index contributed by atoms with van der Waals surface area (Å²) in [6.45, 7) is 3.88. The Morgan fingerprint density at radius 1 is 1.25 bits per heavy atom. The maximum absolute atomic E-state index is 5.61. The van der Waals surface area contributed by atoms with E-state index in [4.69, 9.17) is 5.73 Å². The molecule has 3 heterocycles. The van der Waals surface area contributed by atoms with Crippen LogP contribution in [0.25, 0.3) is 10.9 Å². The number of hydrogen-bond acceptors (Lipinski definition) is 6. The highest BCUT2D eigenvalue weighted by molar-refractivity contribution is 7.20. The van der Waals surface area contributed by atoms with E-state index < -0.39 is 0 Å². The van der Waals surface area contributed by atoms with E-state index >= 15 is 0 Å². The average Bonchev–Trinajstić information content (AvgIpc) is 2.80. The topological polar surface area (TPSA) is 86.9 Å². The molecule has 3 aromatic heterocycles. The number of aryl methyl sites for hydroxylation is 2. The minimum atomic E-state index is 0.465. The fraction of sp³-hybridized carbons (Fsp3) is 0.250. The lowest BCUT2D eigenvalue weighted by Crippen LogP contribution is -2.05. The predicted octanol–water partition coefficient (Wildman–Crippen LogP) is 0.571. The Bertz CT molecular complexity index is 661. The van der Waals surface area contributed by atoms with Gasteiger partial charge in [0.2, 0.25) is 10.1 Å². The Hall–Kier alpha value is -1.96. The van der Waals surface area contributed by atoms with Crippen molar-refractivity contribution in [2.75, 3.05) is 5.73 Å². The van der Waals surface area contributed by atoms with Gasteiger partial charge in [-0.25, -0.2) is 4.68 Å². The lowest BCUT2D eigenvalue weighted by atomic mass is 10.4. The van der Waals surface area contributed by atoms with Crippen LogP contribution in [-0.2, 0) is 0 Å². The van der Waals surface area contributed by atoms with Gasteiger partial charge in [-0.2, -0.15) is 9.61 Å². The Morgan fingerprint density at radius 3 is 2.75 bits per heavy atom. The lowest BCUT2D eigenvalue weighted by molar-refractivity contribution is 0.740. The number of nitrogens with zero attached hydrogens (tertiary/aromatic N) is 6. The molecule has 0 bridgehead atoms. The Balaban J connectivity index is 2.29. The van der Waals surface area contributed by atoms with Gasteiger partial charge < -0.3 is 5.73 Å². The molecule has 0 fully saturated rings. The molecule has 82 valence electrons. The SMILES string of the molecule is Cc1cc(C)n(-c2nnc3sc(N)nn23)n1. The molecule has 0 radical (unpaired) electrons. The van der Waals surface area contributed by atoms with Gasteiger partial charge in [0.05, 0.1) is 5.69 Å². The largest absolute Gasteiger partial charge is 0.374 e. The second-order valence-electron chi connectivity index (χ2n) is 3.47. The molecular formula is C8H9N7S. The first-order valence-electron chi connectivity index (χ1n) is 4.66. The second kappa shape index (κ2) is 3.01. The molecule has 0 atom stereocenters. The third-order valence-corrected chi connectivity index (χ3v) is 2.92. The zero-order valence-electron chi connectivity index (χ0n) is 8.75. The molecule has 0 saturated carbocycles. The molecule has 0 aliphatic carbocycles. The summed E-state index contributed by atoms with van der Waals surface area (Å²) in [5, 5.41) is 17.0. The number of anilines is 1. The maximum Gasteiger partial charge on any atom is 0.274 e. The van der Waals surface area contributed by atoms with E-state index in [1.54, 1.807) is 9.20 Å². The maximum atomic E-state index is 5.61. The molecule has 2 N–H and O–H groups in total. The molecule has 8 heteroatoms. The first-order chi connectivity index (χ1) is 7.65. The normalized spacial score (nSPS) is 11.4. The van der Waals surface area contributed by atoms with E-state index in [9.17, 15) is 0 Å². The zero-order chi connectivity index (χ0) is 11.3. The van der Waals surface area contributed by atoms with E-state index in [1.807, 2.05) is 19.9 Å². The number of nitrogens with two attached hydrogens (primary N) is 1. The van der Waals surface area contributed by atoms with Crippen LogP contribution in [0.5, 0.6) is 0 Å². The van der Waals surface area contributed by atoms with E-state index in [-0.39, 0.29) is 0 Å². The van der Waals surface area contributed by atoms with Crippen LogP contribution in [0.15, 0.2) is 6.07 Å². The van der Waals surface area contributed by atoms with Crippen LogP contribution in [0.4, 0.5) is 5.13 Å². The van der Waals surface area contributed by atoms with Gasteiger partial charge in [-0.15, -0.1) is 15.3 Å². The molecule has 0 saturated heterocycles. The van der Waals surface area contributed by atoms with Gasteiger partial charge in [-0.3, -0.25) is 0 Å². The highest BCUT2D eigenvalue weighted by Crippen LogP contribution is 2.17. The van der Waals surface area contributed by atoms with Crippen molar-refractivity contribution in [3.8, 4) is 5.95 Å². The zero-order valence-corrected chi connectivity index (χ0v) is 9.56. The summed E-state index contributed by atoms with van der Waals surface area (Å²) in [7, 11) is 0. The smallest absolute Gasteiger partial charge is 0.274 e. The molecule has 0 aromatic carbocycles. The van der Waals surface area contributed by atoms with Crippen LogP contribution >= 0.6 is 11.3 Å². The van der Waals surface area contributed by atoms with Gasteiger partial charge >= 0.3 is 0 Å². The van der Waals surface area contributed by atoms with Crippen molar-refractivity contribution >= 4 is 21.4 Å². The molecule has 3 aromatic rings. The standard InChI is InChI=1S/C8H9N7S/c1-4-3-5(2)14(12-4)7-10-11-8-15(7)13-6(9)16-8/h3H,1-2H3,(H2,9,13). The molecule has 7 nitrogen and oxygen atoms in total. The fourth-order valence-electron chi connectivity index (χ4n) is 1.58. The summed E-state index contributed by atoms with van der Waals surface area (Å²) in [5.41, 5.74) is 7.53. The molecule has 0 aliphatic rings. The summed E-state index contributed by atoms with van der Waals surface area (Å²) in [4.78, 5) is 0.667. The summed E-state index contributed by atoms with van der Waals surface area (Å²) >= 11 is 1.30. The number of fused-ring (bicyclic) bond motifs is 1. The summed E-state index contributed by atoms with van der Waals surface area (Å²) in [6.07, 6.45) is 0. The van der Waals surface area contributed by atoms with Gasteiger partial charge in [0.1, 0.15) is 0 Å². The van der Waals surface area contributed by atoms with Crippen LogP contribution in [0.2, 0.25) is 0 Å². The third-order valence-electron chi connectivity index (χ3n) is 2.19. The molecule has 3 rings (SSSR count). The number of aromatic nitrogens is 6. The van der Waals surface area contributed by atoms with Gasteiger partial charge in [-0.1, -0.05) is 11.3 Å². The van der Waals surface area contributed by atoms with Crippen molar-refractivity contribution in [1.29, 1.82) is 0 Å². The Kier molecular flexibility index (Phi) is 1.75. The van der Waals surface area contributed by atoms with Gasteiger partial charge in [-0.05, 0) is 19.9 Å². The van der Waals surface area contributed by atoms with E-state index in [0.29, 0.717) is 16.0 Å². The molecule has 0 aliphatic heterocycles. The fourth-order valence-corrected chi connectivity index (χ4v) is 2.18. The van der Waals surface area contributed by atoms with Gasteiger partial charge in [0.25, 0.3) is 5.95 Å². The van der Waals surface area contributed by atoms with E-state index in [2.05, 4.69) is 20.4 Å². The number of nitrogen functional groups attached to an aromatic ring is 1. The minimum Gasteiger partial charge on any atom is -0.374 e. The summed E-state index contributed by atoms with van der Waals surface area (Å²) < 4.78 is 3.30. The van der Waals surface area contributed by atoms with Crippen molar-refractivity contribution in [1.82, 2.24) is 29.6 Å². The quantitative estimate of drug-likeness (QED) is 0.666. The Morgan fingerprint density at radius 2 is 2.06 bits per heavy atom. The summed E-state index contributed by atoms with van der Waals surface area (Å²) in [5.74, 6) is 0.563. The van der Waals surface area contributed by atoms with E-state index in [1.165, 1.54) is 11.3 Å². The number of rotatable bonds is 1. The molecule has 16 heavy (non-hydrogen) atoms. The van der Waals surface area contributed by atoms with Gasteiger partial charge in [0.15, 0.2) is 0 Å². The minimum absolute atomic E-state index is 0.465. The van der Waals surface area contributed by atoms with Crippen LogP contribution in [0, 0.1) is 13.8 Å². The van der Waals surface area contributed by atoms with E-state index in [0.717, 1.165) is 11.4 Å². The van der Waals surface area contributed by atoms with Gasteiger partial charge in [0, 0.05) is 5.69 Å². The highest BCUT2D eigenvalue weighted by atomic mass is 32.1. The van der Waals surface area contributed by atoms with Crippen molar-refractivity contribution in [3.05, 3.63) is 17.5 Å². The first kappa shape index (κ1) is 9.28. The number of hydrogen-bond donors (Lipinski definition) is 1. The van der Waals surface area contributed by atoms with Crippen LogP contribution in [-0.4, -0.2) is 29.6 Å². The average molecular weight is 235 g/mol. The lowest BCUT2D eigenvalue weighted by Gasteiger charge is -1.97. The molecule has 0 spiro atoms. The highest BCUT2D eigenvalue weighted by Gasteiger charge is 2.14. The van der Waals surface area contributed by atoms with Crippen LogP contribution < -0.4 is 5.73 Å². The summed E-state index contributed by atoms with van der Waals surface area (Å²) in [6, 6.07) is 1.97. The molecule has 0 amide bonds.